The molecule has 184 valence electrons. The van der Waals surface area contributed by atoms with E-state index in [1.54, 1.807) is 6.92 Å². The summed E-state index contributed by atoms with van der Waals surface area (Å²) in [4.78, 5) is 17.6. The van der Waals surface area contributed by atoms with Gasteiger partial charge in [-0.15, -0.1) is 0 Å². The summed E-state index contributed by atoms with van der Waals surface area (Å²) in [6.45, 7) is 4.17. The predicted molar refractivity (Wildman–Crippen MR) is 118 cm³/mol. The van der Waals surface area contributed by atoms with Crippen LogP contribution in [0.4, 0.5) is 13.2 Å². The van der Waals surface area contributed by atoms with Crippen molar-refractivity contribution in [2.75, 3.05) is 6.61 Å². The average molecular weight is 488 g/mol. The zero-order valence-corrected chi connectivity index (χ0v) is 19.3. The molecule has 1 heterocycles. The predicted octanol–water partition coefficient (Wildman–Crippen LogP) is 5.39. The fourth-order valence-corrected chi connectivity index (χ4v) is 3.00. The number of benzene rings is 2. The van der Waals surface area contributed by atoms with E-state index in [0.717, 1.165) is 5.56 Å². The third kappa shape index (κ3) is 6.13. The van der Waals surface area contributed by atoms with Gasteiger partial charge in [0.05, 0.1) is 18.2 Å². The van der Waals surface area contributed by atoms with Crippen LogP contribution in [0.25, 0.3) is 0 Å². The number of halogens is 3. The second-order valence-corrected chi connectivity index (χ2v) is 7.83. The highest BCUT2D eigenvalue weighted by molar-refractivity contribution is 5.78. The van der Waals surface area contributed by atoms with Crippen LogP contribution in [-0.2, 0) is 21.0 Å². The van der Waals surface area contributed by atoms with Crippen LogP contribution < -0.4 is 9.47 Å². The molecule has 3 rings (SSSR count). The molecule has 1 aliphatic heterocycles. The maximum absolute atomic E-state index is 14.8. The van der Waals surface area contributed by atoms with E-state index in [2.05, 4.69) is 0 Å². The second kappa shape index (κ2) is 11.0. The first-order valence-electron chi connectivity index (χ1n) is 10.6. The summed E-state index contributed by atoms with van der Waals surface area (Å²) >= 11 is 0. The first-order valence-corrected chi connectivity index (χ1v) is 10.6. The van der Waals surface area contributed by atoms with Crippen molar-refractivity contribution in [2.45, 2.75) is 39.2 Å². The lowest BCUT2D eigenvalue weighted by Crippen LogP contribution is -2.49. The van der Waals surface area contributed by atoms with Gasteiger partial charge in [-0.2, -0.15) is 14.7 Å². The van der Waals surface area contributed by atoms with Crippen molar-refractivity contribution in [3.63, 3.8) is 0 Å². The molecule has 0 saturated heterocycles. The summed E-state index contributed by atoms with van der Waals surface area (Å²) in [7, 11) is 0. The monoisotopic (exact) mass is 488 g/mol. The first kappa shape index (κ1) is 25.6. The number of allylic oxidation sites excluding steroid dienone is 2. The van der Waals surface area contributed by atoms with E-state index < -0.39 is 35.4 Å². The summed E-state index contributed by atoms with van der Waals surface area (Å²) in [6.07, 6.45) is -1.67. The zero-order valence-electron chi connectivity index (χ0n) is 19.3. The van der Waals surface area contributed by atoms with Crippen LogP contribution in [0.2, 0.25) is 0 Å². The van der Waals surface area contributed by atoms with Crippen molar-refractivity contribution in [1.82, 2.24) is 5.06 Å². The van der Waals surface area contributed by atoms with Crippen LogP contribution in [0.15, 0.2) is 72.2 Å². The van der Waals surface area contributed by atoms with Crippen LogP contribution in [0, 0.1) is 11.3 Å². The van der Waals surface area contributed by atoms with Crippen molar-refractivity contribution in [1.29, 1.82) is 5.26 Å². The number of esters is 1. The third-order valence-electron chi connectivity index (χ3n) is 4.75. The molecule has 0 aliphatic carbocycles. The highest BCUT2D eigenvalue weighted by atomic mass is 19.2. The smallest absolute Gasteiger partial charge is 0.340 e. The number of hydrogen-bond donors (Lipinski definition) is 0. The number of ether oxygens (including phenoxy) is 3. The summed E-state index contributed by atoms with van der Waals surface area (Å²) in [5.74, 6) is -5.34. The minimum atomic E-state index is -1.98. The molecular weight excluding hydrogens is 465 g/mol. The lowest BCUT2D eigenvalue weighted by molar-refractivity contribution is -0.273. The highest BCUT2D eigenvalue weighted by Crippen LogP contribution is 2.37. The topological polar surface area (TPSA) is 81.0 Å². The summed E-state index contributed by atoms with van der Waals surface area (Å²) in [5, 5.41) is 9.44. The summed E-state index contributed by atoms with van der Waals surface area (Å²) < 4.78 is 59.9. The van der Waals surface area contributed by atoms with Gasteiger partial charge in [-0.3, -0.25) is 0 Å². The quantitative estimate of drug-likeness (QED) is 0.346. The molecule has 7 nitrogen and oxygen atoms in total. The Hall–Kier alpha value is -3.97. The van der Waals surface area contributed by atoms with Gasteiger partial charge in [0.15, 0.2) is 28.8 Å². The van der Waals surface area contributed by atoms with Crippen LogP contribution >= 0.6 is 0 Å². The highest BCUT2D eigenvalue weighted by Gasteiger charge is 2.42. The largest absolute Gasteiger partial charge is 0.485 e. The van der Waals surface area contributed by atoms with Crippen molar-refractivity contribution >= 4 is 5.97 Å². The fourth-order valence-electron chi connectivity index (χ4n) is 3.00. The van der Waals surface area contributed by atoms with Gasteiger partial charge in [-0.1, -0.05) is 30.3 Å². The molecule has 0 radical (unpaired) electrons. The van der Waals surface area contributed by atoms with E-state index in [1.165, 1.54) is 32.0 Å². The van der Waals surface area contributed by atoms with Crippen molar-refractivity contribution < 1.29 is 37.0 Å². The first-order chi connectivity index (χ1) is 16.7. The molecule has 1 atom stereocenters. The van der Waals surface area contributed by atoms with E-state index in [4.69, 9.17) is 19.0 Å². The number of hydrogen-bond acceptors (Lipinski definition) is 7. The molecule has 0 fully saturated rings. The Kier molecular flexibility index (Phi) is 8.04. The number of hydroxylamine groups is 2. The maximum Gasteiger partial charge on any atom is 0.340 e. The molecule has 1 aliphatic rings. The van der Waals surface area contributed by atoms with E-state index in [9.17, 15) is 23.2 Å². The van der Waals surface area contributed by atoms with Crippen molar-refractivity contribution in [3.05, 3.63) is 83.3 Å². The number of carbonyl (C=O) groups excluding carboxylic acids is 1. The molecule has 2 aromatic rings. The minimum absolute atomic E-state index is 0.00949. The molecule has 1 unspecified atom stereocenters. The number of carbonyl (C=O) groups is 1. The van der Waals surface area contributed by atoms with Gasteiger partial charge in [-0.05, 0) is 38.5 Å². The van der Waals surface area contributed by atoms with E-state index in [-0.39, 0.29) is 35.3 Å². The van der Waals surface area contributed by atoms with Gasteiger partial charge in [0, 0.05) is 12.1 Å². The number of nitriles is 1. The molecule has 0 saturated carbocycles. The van der Waals surface area contributed by atoms with Crippen molar-refractivity contribution in [2.24, 2.45) is 0 Å². The molecule has 35 heavy (non-hydrogen) atoms. The van der Waals surface area contributed by atoms with Crippen LogP contribution in [0.5, 0.6) is 11.5 Å². The minimum Gasteiger partial charge on any atom is -0.485 e. The lowest BCUT2D eigenvalue weighted by atomic mass is 10.1. The Bertz CT molecular complexity index is 1180. The van der Waals surface area contributed by atoms with Crippen molar-refractivity contribution in [3.8, 4) is 17.6 Å². The molecule has 2 aromatic carbocycles. The Morgan fingerprint density at radius 3 is 2.49 bits per heavy atom. The van der Waals surface area contributed by atoms with E-state index in [1.807, 2.05) is 36.4 Å². The maximum atomic E-state index is 14.8. The van der Waals surface area contributed by atoms with Gasteiger partial charge in [-0.25, -0.2) is 18.4 Å². The molecule has 10 heteroatoms. The van der Waals surface area contributed by atoms with Gasteiger partial charge >= 0.3 is 5.97 Å². The van der Waals surface area contributed by atoms with Crippen LogP contribution in [0.3, 0.4) is 0 Å². The molecular formula is C25H23F3N2O5. The Morgan fingerprint density at radius 2 is 1.83 bits per heavy atom. The number of rotatable bonds is 9. The standard InChI is InChI=1S/C25H23F3N2O5/c1-4-32-24(31)25(2,3)35-30-22(28)18(26)13-19(27)23(30)34-21-12-17(14-29)10-11-20(21)33-15-16-8-6-5-7-9-16/h5-13,23H,4,15H2,1-3H3. The zero-order chi connectivity index (χ0) is 25.6. The summed E-state index contributed by atoms with van der Waals surface area (Å²) in [6, 6.07) is 15.2. The van der Waals surface area contributed by atoms with E-state index >= 15 is 0 Å². The SMILES string of the molecule is CCOC(=O)C(C)(C)ON1C(F)=C(F)C=C(F)C1Oc1cc(C#N)ccc1OCc1ccccc1. The molecule has 0 bridgehead atoms. The molecule has 0 spiro atoms. The van der Waals surface area contributed by atoms with Crippen LogP contribution in [-0.4, -0.2) is 29.5 Å². The van der Waals surface area contributed by atoms with Gasteiger partial charge < -0.3 is 14.2 Å². The lowest BCUT2D eigenvalue weighted by Gasteiger charge is -2.36. The Morgan fingerprint density at radius 1 is 1.11 bits per heavy atom. The Balaban J connectivity index is 1.92. The van der Waals surface area contributed by atoms with Gasteiger partial charge in [0.1, 0.15) is 6.61 Å². The fraction of sp³-hybridized carbons (Fsp3) is 0.280. The molecule has 0 aromatic heterocycles. The third-order valence-corrected chi connectivity index (χ3v) is 4.75. The number of nitrogens with zero attached hydrogens (tertiary/aromatic N) is 2. The molecule has 0 amide bonds. The van der Waals surface area contributed by atoms with Gasteiger partial charge in [0.25, 0.3) is 5.95 Å². The summed E-state index contributed by atoms with van der Waals surface area (Å²) in [5.41, 5.74) is -0.855. The normalized spacial score (nSPS) is 15.9. The van der Waals surface area contributed by atoms with E-state index in [0.29, 0.717) is 6.08 Å². The second-order valence-electron chi connectivity index (χ2n) is 7.83. The van der Waals surface area contributed by atoms with Crippen LogP contribution in [0.1, 0.15) is 31.9 Å². The average Bonchev–Trinajstić information content (AvgIpc) is 2.84. The van der Waals surface area contributed by atoms with Gasteiger partial charge in [0.2, 0.25) is 6.23 Å². The molecule has 0 N–H and O–H groups in total. The Labute approximate surface area is 200 Å².